The van der Waals surface area contributed by atoms with Gasteiger partial charge in [-0.25, -0.2) is 4.79 Å². The van der Waals surface area contributed by atoms with Crippen molar-refractivity contribution in [2.45, 2.75) is 32.5 Å². The maximum atomic E-state index is 13.5. The van der Waals surface area contributed by atoms with Crippen LogP contribution in [0.2, 0.25) is 0 Å². The molecule has 1 aromatic heterocycles. The molecule has 1 aromatic carbocycles. The Kier molecular flexibility index (Phi) is 5.83. The van der Waals surface area contributed by atoms with Gasteiger partial charge in [-0.05, 0) is 43.0 Å². The molecular weight excluding hydrogens is 359 g/mol. The van der Waals surface area contributed by atoms with Gasteiger partial charge in [0, 0.05) is 12.9 Å². The van der Waals surface area contributed by atoms with Gasteiger partial charge in [0.2, 0.25) is 0 Å². The van der Waals surface area contributed by atoms with E-state index < -0.39 is 29.1 Å². The first-order valence-corrected chi connectivity index (χ1v) is 8.77. The number of fused-ring (bicyclic) bond motifs is 1. The topological polar surface area (TPSA) is 76.1 Å². The first-order chi connectivity index (χ1) is 11.7. The van der Waals surface area contributed by atoms with E-state index in [2.05, 4.69) is 9.82 Å². The minimum absolute atomic E-state index is 0.0256. The highest BCUT2D eigenvalue weighted by molar-refractivity contribution is 7.99. The Hall–Kier alpha value is -1.94. The van der Waals surface area contributed by atoms with Crippen LogP contribution in [0.15, 0.2) is 21.7 Å². The molecule has 0 aliphatic carbocycles. The van der Waals surface area contributed by atoms with Crippen molar-refractivity contribution < 1.29 is 17.9 Å². The highest BCUT2D eigenvalue weighted by Crippen LogP contribution is 2.38. The molecule has 10 heteroatoms. The van der Waals surface area contributed by atoms with Crippen LogP contribution in [0.3, 0.4) is 0 Å². The van der Waals surface area contributed by atoms with Crippen LogP contribution in [-0.2, 0) is 10.9 Å². The van der Waals surface area contributed by atoms with Gasteiger partial charge in [-0.15, -0.1) is 0 Å². The smallest absolute Gasteiger partial charge is 0.374 e. The molecule has 1 unspecified atom stereocenters. The van der Waals surface area contributed by atoms with Crippen LogP contribution in [0.4, 0.5) is 13.2 Å². The second-order valence-corrected chi connectivity index (χ2v) is 5.79. The molecule has 1 atom stereocenters. The van der Waals surface area contributed by atoms with Crippen LogP contribution in [0, 0.1) is 0 Å². The second-order valence-electron chi connectivity index (χ2n) is 5.20. The number of nitrogens with one attached hydrogen (secondary N) is 2. The largest absolute Gasteiger partial charge is 0.416 e. The third kappa shape index (κ3) is 3.84. The quantitative estimate of drug-likeness (QED) is 0.757. The molecule has 0 amide bonds. The van der Waals surface area contributed by atoms with E-state index in [1.165, 1.54) is 0 Å². The zero-order valence-corrected chi connectivity index (χ0v) is 14.7. The minimum atomic E-state index is -4.64. The van der Waals surface area contributed by atoms with E-state index in [0.29, 0.717) is 11.1 Å². The van der Waals surface area contributed by atoms with Crippen molar-refractivity contribution in [1.29, 1.82) is 0 Å². The molecule has 0 bridgehead atoms. The first kappa shape index (κ1) is 19.4. The van der Waals surface area contributed by atoms with Crippen LogP contribution < -0.4 is 16.1 Å². The van der Waals surface area contributed by atoms with E-state index in [4.69, 9.17) is 4.74 Å². The van der Waals surface area contributed by atoms with Crippen molar-refractivity contribution in [3.05, 3.63) is 44.1 Å². The van der Waals surface area contributed by atoms with Crippen molar-refractivity contribution in [3.8, 4) is 0 Å². The fraction of sp³-hybridized carbons (Fsp3) is 0.467. The van der Waals surface area contributed by atoms with Gasteiger partial charge >= 0.3 is 11.9 Å². The second kappa shape index (κ2) is 7.52. The monoisotopic (exact) mass is 377 g/mol. The highest BCUT2D eigenvalue weighted by atomic mass is 32.2. The molecule has 2 N–H and O–H groups in total. The average Bonchev–Trinajstić information content (AvgIpc) is 2.55. The minimum Gasteiger partial charge on any atom is -0.374 e. The maximum absolute atomic E-state index is 13.5. The third-order valence-corrected chi connectivity index (χ3v) is 4.01. The number of aromatic amines is 1. The van der Waals surface area contributed by atoms with Gasteiger partial charge in [-0.1, -0.05) is 6.92 Å². The third-order valence-electron chi connectivity index (χ3n) is 3.64. The maximum Gasteiger partial charge on any atom is 0.416 e. The first-order valence-electron chi connectivity index (χ1n) is 7.55. The molecule has 0 saturated carbocycles. The molecule has 1 heterocycles. The Morgan fingerprint density at radius 2 is 2.00 bits per heavy atom. The number of hydrogen-bond acceptors (Lipinski definition) is 5. The summed E-state index contributed by atoms with van der Waals surface area (Å²) in [6, 6.07) is 1.94. The van der Waals surface area contributed by atoms with Crippen molar-refractivity contribution >= 4 is 22.9 Å². The molecule has 2 rings (SSSR count). The number of halogens is 3. The Balaban J connectivity index is 2.85. The molecule has 2 aromatic rings. The lowest BCUT2D eigenvalue weighted by atomic mass is 9.97. The number of H-pyrrole nitrogens is 1. The van der Waals surface area contributed by atoms with E-state index in [9.17, 15) is 22.8 Å². The number of alkyl halides is 3. The van der Waals surface area contributed by atoms with Crippen molar-refractivity contribution in [2.24, 2.45) is 0 Å². The molecule has 0 fully saturated rings. The summed E-state index contributed by atoms with van der Waals surface area (Å²) in [6.45, 7) is 3.62. The van der Waals surface area contributed by atoms with E-state index in [0.717, 1.165) is 24.1 Å². The van der Waals surface area contributed by atoms with Crippen LogP contribution in [-0.4, -0.2) is 22.5 Å². The molecule has 0 aliphatic rings. The van der Waals surface area contributed by atoms with E-state index >= 15 is 0 Å². The van der Waals surface area contributed by atoms with Crippen LogP contribution in [0.1, 0.15) is 37.5 Å². The van der Waals surface area contributed by atoms with Gasteiger partial charge in [0.25, 0.3) is 5.56 Å². The van der Waals surface area contributed by atoms with E-state index in [-0.39, 0.29) is 23.1 Å². The summed E-state index contributed by atoms with van der Waals surface area (Å²) in [5, 5.41) is -0.0256. The fourth-order valence-electron chi connectivity index (χ4n) is 2.60. The molecule has 25 heavy (non-hydrogen) atoms. The fourth-order valence-corrected chi connectivity index (χ4v) is 2.94. The van der Waals surface area contributed by atoms with Crippen LogP contribution >= 0.6 is 11.9 Å². The SMILES string of the molecule is CCOC(CC)c1cc2c(=O)n(NSC)c(=O)[nH]c2cc1C(F)(F)F. The summed E-state index contributed by atoms with van der Waals surface area (Å²) >= 11 is 1.01. The molecule has 138 valence electrons. The normalized spacial score (nSPS) is 13.2. The number of rotatable bonds is 6. The van der Waals surface area contributed by atoms with Gasteiger partial charge in [0.15, 0.2) is 0 Å². The number of hydrogen-bond donors (Lipinski definition) is 2. The summed E-state index contributed by atoms with van der Waals surface area (Å²) in [5.74, 6) is 0. The molecule has 0 radical (unpaired) electrons. The molecule has 6 nitrogen and oxygen atoms in total. The molecule has 0 aliphatic heterocycles. The summed E-state index contributed by atoms with van der Waals surface area (Å²) < 4.78 is 46.5. The lowest BCUT2D eigenvalue weighted by Gasteiger charge is -2.21. The number of aromatic nitrogens is 2. The zero-order chi connectivity index (χ0) is 18.8. The summed E-state index contributed by atoms with van der Waals surface area (Å²) in [5.41, 5.74) is -2.79. The standard InChI is InChI=1S/C15H18F3N3O3S/c1-4-12(24-5-2)8-6-9-11(7-10(8)15(16,17)18)19-14(23)21(13(9)22)20-25-3/h6-7,12,20H,4-5H2,1-3H3,(H,19,23). The predicted molar refractivity (Wildman–Crippen MR) is 91.4 cm³/mol. The van der Waals surface area contributed by atoms with Crippen molar-refractivity contribution in [1.82, 2.24) is 9.66 Å². The van der Waals surface area contributed by atoms with Gasteiger partial charge < -0.3 is 9.72 Å². The Morgan fingerprint density at radius 1 is 1.32 bits per heavy atom. The molecule has 0 spiro atoms. The number of nitrogens with zero attached hydrogens (tertiary/aromatic N) is 1. The van der Waals surface area contributed by atoms with Crippen LogP contribution in [0.5, 0.6) is 0 Å². The zero-order valence-electron chi connectivity index (χ0n) is 13.9. The van der Waals surface area contributed by atoms with Gasteiger partial charge in [0.05, 0.1) is 22.6 Å². The van der Waals surface area contributed by atoms with Crippen molar-refractivity contribution in [2.75, 3.05) is 17.7 Å². The van der Waals surface area contributed by atoms with Crippen LogP contribution in [0.25, 0.3) is 10.9 Å². The predicted octanol–water partition coefficient (Wildman–Crippen LogP) is 3.02. The van der Waals surface area contributed by atoms with E-state index in [1.54, 1.807) is 20.1 Å². The van der Waals surface area contributed by atoms with Gasteiger partial charge in [-0.3, -0.25) is 9.63 Å². The van der Waals surface area contributed by atoms with Crippen molar-refractivity contribution in [3.63, 3.8) is 0 Å². The van der Waals surface area contributed by atoms with Gasteiger partial charge in [-0.2, -0.15) is 17.8 Å². The summed E-state index contributed by atoms with van der Waals surface area (Å²) in [6.07, 6.45) is -3.53. The number of benzene rings is 1. The molecular formula is C15H18F3N3O3S. The Morgan fingerprint density at radius 3 is 2.52 bits per heavy atom. The summed E-state index contributed by atoms with van der Waals surface area (Å²) in [7, 11) is 0. The lowest BCUT2D eigenvalue weighted by molar-refractivity contribution is -0.139. The summed E-state index contributed by atoms with van der Waals surface area (Å²) in [4.78, 5) is 29.2. The molecule has 0 saturated heterocycles. The Bertz CT molecular complexity index is 876. The average molecular weight is 377 g/mol. The van der Waals surface area contributed by atoms with Gasteiger partial charge in [0.1, 0.15) is 0 Å². The Labute approximate surface area is 145 Å². The lowest BCUT2D eigenvalue weighted by Crippen LogP contribution is -2.39. The van der Waals surface area contributed by atoms with E-state index in [1.807, 2.05) is 0 Å². The highest BCUT2D eigenvalue weighted by Gasteiger charge is 2.36. The number of ether oxygens (including phenoxy) is 1.